The Morgan fingerprint density at radius 3 is 2.76 bits per heavy atom. The molecular weight excluding hydrogens is 274 g/mol. The maximum absolute atomic E-state index is 13.5. The van der Waals surface area contributed by atoms with Gasteiger partial charge in [0.15, 0.2) is 11.6 Å². The van der Waals surface area contributed by atoms with E-state index in [2.05, 4.69) is 5.32 Å². The highest BCUT2D eigenvalue weighted by atomic mass is 19.2. The van der Waals surface area contributed by atoms with Gasteiger partial charge in [-0.2, -0.15) is 0 Å². The molecule has 1 aromatic rings. The lowest BCUT2D eigenvalue weighted by atomic mass is 9.94. The molecule has 1 aliphatic rings. The summed E-state index contributed by atoms with van der Waals surface area (Å²) in [7, 11) is 1.72. The lowest BCUT2D eigenvalue weighted by Crippen LogP contribution is -2.33. The molecule has 1 N–H and O–H groups in total. The smallest absolute Gasteiger partial charge is 0.226 e. The van der Waals surface area contributed by atoms with Crippen LogP contribution in [0.2, 0.25) is 0 Å². The third-order valence-electron chi connectivity index (χ3n) is 4.13. The Bertz CT molecular complexity index is 487. The van der Waals surface area contributed by atoms with Gasteiger partial charge in [-0.15, -0.1) is 0 Å². The molecule has 1 saturated heterocycles. The number of hydrogen-bond donors (Lipinski definition) is 1. The number of carbonyl (C=O) groups excluding carboxylic acids is 1. The van der Waals surface area contributed by atoms with Crippen LogP contribution in [-0.2, 0) is 11.2 Å². The summed E-state index contributed by atoms with van der Waals surface area (Å²) >= 11 is 0. The van der Waals surface area contributed by atoms with Crippen molar-refractivity contribution in [3.8, 4) is 0 Å². The Labute approximate surface area is 124 Å². The minimum atomic E-state index is -0.919. The zero-order chi connectivity index (χ0) is 15.2. The summed E-state index contributed by atoms with van der Waals surface area (Å²) in [4.78, 5) is 13.7. The zero-order valence-corrected chi connectivity index (χ0v) is 12.4. The van der Waals surface area contributed by atoms with Crippen molar-refractivity contribution in [3.05, 3.63) is 35.4 Å². The fourth-order valence-corrected chi connectivity index (χ4v) is 2.65. The number of rotatable bonds is 5. The minimum Gasteiger partial charge on any atom is -0.345 e. The number of halogens is 2. The second-order valence-electron chi connectivity index (χ2n) is 5.69. The second kappa shape index (κ2) is 7.50. The summed E-state index contributed by atoms with van der Waals surface area (Å²) in [6, 6.07) is 3.94. The molecule has 1 aromatic carbocycles. The van der Waals surface area contributed by atoms with Crippen molar-refractivity contribution in [2.45, 2.75) is 25.7 Å². The zero-order valence-electron chi connectivity index (χ0n) is 12.4. The van der Waals surface area contributed by atoms with Crippen molar-refractivity contribution in [2.24, 2.45) is 5.92 Å². The average Bonchev–Trinajstić information content (AvgIpc) is 2.50. The van der Waals surface area contributed by atoms with Gasteiger partial charge in [0, 0.05) is 19.2 Å². The van der Waals surface area contributed by atoms with Crippen LogP contribution in [0.3, 0.4) is 0 Å². The van der Waals surface area contributed by atoms with Crippen molar-refractivity contribution >= 4 is 5.91 Å². The number of amides is 1. The molecule has 2 rings (SSSR count). The summed E-state index contributed by atoms with van der Waals surface area (Å²) < 4.78 is 26.7. The van der Waals surface area contributed by atoms with E-state index in [9.17, 15) is 13.6 Å². The molecule has 1 aliphatic heterocycles. The summed E-state index contributed by atoms with van der Waals surface area (Å²) in [6.07, 6.45) is 3.16. The van der Waals surface area contributed by atoms with Gasteiger partial charge in [-0.05, 0) is 44.3 Å². The van der Waals surface area contributed by atoms with Gasteiger partial charge < -0.3 is 10.2 Å². The van der Waals surface area contributed by atoms with E-state index in [0.717, 1.165) is 38.4 Å². The standard InChI is InChI=1S/C16H22F2N2O/c1-20(10-7-12-5-8-19-9-6-12)15(21)11-13-3-2-4-14(17)16(13)18/h2-4,12,19H,5-11H2,1H3. The highest BCUT2D eigenvalue weighted by Gasteiger charge is 2.17. The summed E-state index contributed by atoms with van der Waals surface area (Å²) in [5.74, 6) is -1.35. The largest absolute Gasteiger partial charge is 0.345 e. The molecule has 0 unspecified atom stereocenters. The summed E-state index contributed by atoms with van der Waals surface area (Å²) in [5, 5.41) is 3.31. The number of likely N-dealkylation sites (N-methyl/N-ethyl adjacent to an activating group) is 1. The summed E-state index contributed by atoms with van der Waals surface area (Å²) in [6.45, 7) is 2.74. The molecule has 1 amide bonds. The molecule has 1 fully saturated rings. The SMILES string of the molecule is CN(CCC1CCNCC1)C(=O)Cc1cccc(F)c1F. The van der Waals surface area contributed by atoms with E-state index in [4.69, 9.17) is 0 Å². The third-order valence-corrected chi connectivity index (χ3v) is 4.13. The van der Waals surface area contributed by atoms with E-state index < -0.39 is 11.6 Å². The fraction of sp³-hybridized carbons (Fsp3) is 0.562. The Kier molecular flexibility index (Phi) is 5.67. The molecule has 5 heteroatoms. The normalized spacial score (nSPS) is 16.0. The molecule has 3 nitrogen and oxygen atoms in total. The van der Waals surface area contributed by atoms with E-state index in [0.29, 0.717) is 12.5 Å². The van der Waals surface area contributed by atoms with Crippen molar-refractivity contribution < 1.29 is 13.6 Å². The van der Waals surface area contributed by atoms with Crippen LogP contribution in [-0.4, -0.2) is 37.5 Å². The number of carbonyl (C=O) groups is 1. The van der Waals surface area contributed by atoms with Crippen LogP contribution in [0.4, 0.5) is 8.78 Å². The summed E-state index contributed by atoms with van der Waals surface area (Å²) in [5.41, 5.74) is 0.119. The first-order valence-corrected chi connectivity index (χ1v) is 7.45. The molecule has 0 aromatic heterocycles. The fourth-order valence-electron chi connectivity index (χ4n) is 2.65. The van der Waals surface area contributed by atoms with Gasteiger partial charge in [0.25, 0.3) is 0 Å². The Morgan fingerprint density at radius 1 is 1.33 bits per heavy atom. The molecule has 0 atom stereocenters. The molecular formula is C16H22F2N2O. The molecule has 116 valence electrons. The van der Waals surface area contributed by atoms with E-state index in [-0.39, 0.29) is 17.9 Å². The average molecular weight is 296 g/mol. The number of nitrogens with zero attached hydrogens (tertiary/aromatic N) is 1. The van der Waals surface area contributed by atoms with Crippen LogP contribution >= 0.6 is 0 Å². The monoisotopic (exact) mass is 296 g/mol. The topological polar surface area (TPSA) is 32.3 Å². The van der Waals surface area contributed by atoms with E-state index >= 15 is 0 Å². The van der Waals surface area contributed by atoms with E-state index in [1.807, 2.05) is 0 Å². The molecule has 0 spiro atoms. The Balaban J connectivity index is 1.83. The van der Waals surface area contributed by atoms with Crippen molar-refractivity contribution in [2.75, 3.05) is 26.7 Å². The lowest BCUT2D eigenvalue weighted by Gasteiger charge is -2.25. The molecule has 0 saturated carbocycles. The first-order chi connectivity index (χ1) is 10.1. The molecule has 0 radical (unpaired) electrons. The van der Waals surface area contributed by atoms with Crippen LogP contribution in [0.1, 0.15) is 24.8 Å². The molecule has 1 heterocycles. The lowest BCUT2D eigenvalue weighted by molar-refractivity contribution is -0.129. The van der Waals surface area contributed by atoms with Gasteiger partial charge in [-0.1, -0.05) is 12.1 Å². The second-order valence-corrected chi connectivity index (χ2v) is 5.69. The van der Waals surface area contributed by atoms with Crippen molar-refractivity contribution in [1.82, 2.24) is 10.2 Å². The number of hydrogen-bond acceptors (Lipinski definition) is 2. The van der Waals surface area contributed by atoms with Crippen LogP contribution in [0.25, 0.3) is 0 Å². The van der Waals surface area contributed by atoms with Crippen molar-refractivity contribution in [3.63, 3.8) is 0 Å². The third kappa shape index (κ3) is 4.49. The predicted molar refractivity (Wildman–Crippen MR) is 77.9 cm³/mol. The Hall–Kier alpha value is -1.49. The van der Waals surface area contributed by atoms with Gasteiger partial charge in [0.05, 0.1) is 6.42 Å². The highest BCUT2D eigenvalue weighted by molar-refractivity contribution is 5.78. The molecule has 0 bridgehead atoms. The Morgan fingerprint density at radius 2 is 2.05 bits per heavy atom. The van der Waals surface area contributed by atoms with Gasteiger partial charge >= 0.3 is 0 Å². The molecule has 21 heavy (non-hydrogen) atoms. The van der Waals surface area contributed by atoms with Crippen LogP contribution in [0.5, 0.6) is 0 Å². The first-order valence-electron chi connectivity index (χ1n) is 7.45. The number of nitrogens with one attached hydrogen (secondary N) is 1. The van der Waals surface area contributed by atoms with Crippen molar-refractivity contribution in [1.29, 1.82) is 0 Å². The molecule has 0 aliphatic carbocycles. The van der Waals surface area contributed by atoms with E-state index in [1.165, 1.54) is 12.1 Å². The van der Waals surface area contributed by atoms with E-state index in [1.54, 1.807) is 11.9 Å². The highest BCUT2D eigenvalue weighted by Crippen LogP contribution is 2.17. The van der Waals surface area contributed by atoms with Gasteiger partial charge in [-0.25, -0.2) is 8.78 Å². The minimum absolute atomic E-state index is 0.0910. The van der Waals surface area contributed by atoms with Gasteiger partial charge in [0.2, 0.25) is 5.91 Å². The van der Waals surface area contributed by atoms with Crippen LogP contribution in [0, 0.1) is 17.6 Å². The first kappa shape index (κ1) is 15.9. The quantitative estimate of drug-likeness (QED) is 0.904. The van der Waals surface area contributed by atoms with Crippen LogP contribution < -0.4 is 5.32 Å². The number of piperidine rings is 1. The van der Waals surface area contributed by atoms with Gasteiger partial charge in [-0.3, -0.25) is 4.79 Å². The number of benzene rings is 1. The predicted octanol–water partition coefficient (Wildman–Crippen LogP) is 2.36. The van der Waals surface area contributed by atoms with Gasteiger partial charge in [0.1, 0.15) is 0 Å². The van der Waals surface area contributed by atoms with Crippen LogP contribution in [0.15, 0.2) is 18.2 Å². The maximum atomic E-state index is 13.5. The maximum Gasteiger partial charge on any atom is 0.226 e.